The molecule has 0 N–H and O–H groups in total. The third-order valence-corrected chi connectivity index (χ3v) is 5.08. The van der Waals surface area contributed by atoms with Crippen LogP contribution in [0.4, 0.5) is 0 Å². The molecule has 0 saturated carbocycles. The third-order valence-electron chi connectivity index (χ3n) is 5.08. The second-order valence-corrected chi connectivity index (χ2v) is 7.17. The zero-order valence-electron chi connectivity index (χ0n) is 14.7. The van der Waals surface area contributed by atoms with Crippen LogP contribution < -0.4 is 0 Å². The fraction of sp³-hybridized carbons (Fsp3) is 0.722. The van der Waals surface area contributed by atoms with E-state index in [9.17, 15) is 4.79 Å². The van der Waals surface area contributed by atoms with Crippen molar-refractivity contribution in [1.82, 2.24) is 9.80 Å². The molecule has 0 spiro atoms. The Kier molecular flexibility index (Phi) is 5.58. The summed E-state index contributed by atoms with van der Waals surface area (Å²) >= 11 is 0. The van der Waals surface area contributed by atoms with Gasteiger partial charge in [-0.3, -0.25) is 4.79 Å². The Balaban J connectivity index is 1.66. The molecule has 1 aromatic heterocycles. The molecule has 3 heterocycles. The highest BCUT2D eigenvalue weighted by Crippen LogP contribution is 2.40. The topological polar surface area (TPSA) is 55.2 Å². The van der Waals surface area contributed by atoms with Crippen molar-refractivity contribution in [2.45, 2.75) is 25.4 Å². The first kappa shape index (κ1) is 17.5. The first-order chi connectivity index (χ1) is 11.6. The normalized spacial score (nSPS) is 27.3. The molecule has 2 atom stereocenters. The number of amides is 1. The van der Waals surface area contributed by atoms with Gasteiger partial charge in [-0.25, -0.2) is 0 Å². The number of hydrogen-bond donors (Lipinski definition) is 0. The van der Waals surface area contributed by atoms with Gasteiger partial charge in [0.2, 0.25) is 0 Å². The van der Waals surface area contributed by atoms with Gasteiger partial charge in [0.25, 0.3) is 5.91 Å². The summed E-state index contributed by atoms with van der Waals surface area (Å²) in [4.78, 5) is 16.7. The molecule has 6 nitrogen and oxygen atoms in total. The molecule has 3 rings (SSSR count). The van der Waals surface area contributed by atoms with Gasteiger partial charge in [0.05, 0.1) is 25.6 Å². The summed E-state index contributed by atoms with van der Waals surface area (Å²) < 4.78 is 17.3. The van der Waals surface area contributed by atoms with Gasteiger partial charge in [-0.15, -0.1) is 0 Å². The summed E-state index contributed by atoms with van der Waals surface area (Å²) in [6, 6.07) is 3.48. The van der Waals surface area contributed by atoms with E-state index < -0.39 is 0 Å². The molecule has 2 saturated heterocycles. The van der Waals surface area contributed by atoms with Gasteiger partial charge in [0.1, 0.15) is 0 Å². The smallest absolute Gasteiger partial charge is 0.289 e. The van der Waals surface area contributed by atoms with Crippen molar-refractivity contribution in [1.29, 1.82) is 0 Å². The average Bonchev–Trinajstić information content (AvgIpc) is 3.12. The van der Waals surface area contributed by atoms with Crippen molar-refractivity contribution in [3.8, 4) is 0 Å². The number of rotatable bonds is 6. The zero-order valence-corrected chi connectivity index (χ0v) is 14.7. The fourth-order valence-corrected chi connectivity index (χ4v) is 3.75. The SMILES string of the molecule is CN(C)CCOC[C@@]12CCCO[C@@H]1CCN(C(=O)c1ccco1)C2. The lowest BCUT2D eigenvalue weighted by atomic mass is 9.73. The second kappa shape index (κ2) is 7.68. The minimum atomic E-state index is -0.0922. The lowest BCUT2D eigenvalue weighted by Gasteiger charge is -2.50. The van der Waals surface area contributed by atoms with Crippen LogP contribution in [-0.4, -0.2) is 75.4 Å². The van der Waals surface area contributed by atoms with E-state index in [-0.39, 0.29) is 17.4 Å². The number of ether oxygens (including phenoxy) is 2. The monoisotopic (exact) mass is 336 g/mol. The Bertz CT molecular complexity index is 531. The molecule has 6 heteroatoms. The molecule has 134 valence electrons. The van der Waals surface area contributed by atoms with Crippen LogP contribution >= 0.6 is 0 Å². The van der Waals surface area contributed by atoms with Crippen LogP contribution in [0.2, 0.25) is 0 Å². The van der Waals surface area contributed by atoms with E-state index in [4.69, 9.17) is 13.9 Å². The Labute approximate surface area is 143 Å². The van der Waals surface area contributed by atoms with Crippen molar-refractivity contribution in [2.24, 2.45) is 5.41 Å². The predicted octanol–water partition coefficient (Wildman–Crippen LogP) is 1.87. The van der Waals surface area contributed by atoms with Crippen molar-refractivity contribution in [3.05, 3.63) is 24.2 Å². The average molecular weight is 336 g/mol. The van der Waals surface area contributed by atoms with Crippen LogP contribution in [-0.2, 0) is 9.47 Å². The molecule has 2 aliphatic rings. The Morgan fingerprint density at radius 1 is 1.50 bits per heavy atom. The summed E-state index contributed by atoms with van der Waals surface area (Å²) in [5, 5.41) is 0. The predicted molar refractivity (Wildman–Crippen MR) is 90.0 cm³/mol. The summed E-state index contributed by atoms with van der Waals surface area (Å²) in [5.41, 5.74) is -0.0922. The molecular formula is C18H28N2O4. The molecule has 24 heavy (non-hydrogen) atoms. The van der Waals surface area contributed by atoms with Gasteiger partial charge in [-0.2, -0.15) is 0 Å². The zero-order chi connectivity index (χ0) is 17.0. The number of nitrogens with zero attached hydrogens (tertiary/aromatic N) is 2. The molecule has 0 bridgehead atoms. The number of piperidine rings is 1. The molecule has 0 aliphatic carbocycles. The highest BCUT2D eigenvalue weighted by atomic mass is 16.5. The second-order valence-electron chi connectivity index (χ2n) is 7.17. The van der Waals surface area contributed by atoms with E-state index in [1.165, 1.54) is 0 Å². The number of likely N-dealkylation sites (tertiary alicyclic amines) is 1. The van der Waals surface area contributed by atoms with Crippen LogP contribution in [0.25, 0.3) is 0 Å². The Morgan fingerprint density at radius 3 is 3.12 bits per heavy atom. The van der Waals surface area contributed by atoms with Crippen LogP contribution in [0, 0.1) is 5.41 Å². The lowest BCUT2D eigenvalue weighted by molar-refractivity contribution is -0.147. The summed E-state index contributed by atoms with van der Waals surface area (Å²) in [6.07, 6.45) is 4.66. The summed E-state index contributed by atoms with van der Waals surface area (Å²) in [7, 11) is 4.08. The standard InChI is InChI=1S/C18H28N2O4/c1-19(2)9-12-22-14-18-7-4-11-24-16(18)6-8-20(13-18)17(21)15-5-3-10-23-15/h3,5,10,16H,4,6-9,11-14H2,1-2H3/t16-,18+/m1/s1. The third kappa shape index (κ3) is 3.82. The highest BCUT2D eigenvalue weighted by Gasteiger charge is 2.47. The number of hydrogen-bond acceptors (Lipinski definition) is 5. The number of carbonyl (C=O) groups excluding carboxylic acids is 1. The van der Waals surface area contributed by atoms with Crippen LogP contribution in [0.1, 0.15) is 29.8 Å². The molecular weight excluding hydrogens is 308 g/mol. The van der Waals surface area contributed by atoms with Gasteiger partial charge >= 0.3 is 0 Å². The molecule has 0 unspecified atom stereocenters. The Morgan fingerprint density at radius 2 is 2.38 bits per heavy atom. The molecule has 0 radical (unpaired) electrons. The lowest BCUT2D eigenvalue weighted by Crippen LogP contribution is -2.58. The van der Waals surface area contributed by atoms with Crippen LogP contribution in [0.3, 0.4) is 0 Å². The molecule has 2 aliphatic heterocycles. The van der Waals surface area contributed by atoms with Crippen molar-refractivity contribution >= 4 is 5.91 Å². The summed E-state index contributed by atoms with van der Waals surface area (Å²) in [5.74, 6) is 0.380. The molecule has 1 amide bonds. The highest BCUT2D eigenvalue weighted by molar-refractivity contribution is 5.91. The molecule has 0 aromatic carbocycles. The largest absolute Gasteiger partial charge is 0.459 e. The summed E-state index contributed by atoms with van der Waals surface area (Å²) in [6.45, 7) is 4.46. The molecule has 2 fully saturated rings. The fourth-order valence-electron chi connectivity index (χ4n) is 3.75. The van der Waals surface area contributed by atoms with Crippen molar-refractivity contribution < 1.29 is 18.7 Å². The first-order valence-electron chi connectivity index (χ1n) is 8.78. The number of furan rings is 1. The van der Waals surface area contributed by atoms with E-state index in [1.54, 1.807) is 18.4 Å². The maximum absolute atomic E-state index is 12.6. The van der Waals surface area contributed by atoms with E-state index in [0.717, 1.165) is 32.4 Å². The van der Waals surface area contributed by atoms with Crippen LogP contribution in [0.5, 0.6) is 0 Å². The minimum absolute atomic E-state index is 0.0308. The first-order valence-corrected chi connectivity index (χ1v) is 8.78. The van der Waals surface area contributed by atoms with Crippen molar-refractivity contribution in [3.63, 3.8) is 0 Å². The van der Waals surface area contributed by atoms with Gasteiger partial charge in [0.15, 0.2) is 5.76 Å². The van der Waals surface area contributed by atoms with Gasteiger partial charge in [-0.1, -0.05) is 0 Å². The van der Waals surface area contributed by atoms with E-state index in [2.05, 4.69) is 4.90 Å². The van der Waals surface area contributed by atoms with Gasteiger partial charge in [-0.05, 0) is 45.5 Å². The molecule has 1 aromatic rings. The van der Waals surface area contributed by atoms with E-state index >= 15 is 0 Å². The quantitative estimate of drug-likeness (QED) is 0.742. The van der Waals surface area contributed by atoms with Gasteiger partial charge < -0.3 is 23.7 Å². The number of fused-ring (bicyclic) bond motifs is 1. The number of likely N-dealkylation sites (N-methyl/N-ethyl adjacent to an activating group) is 1. The number of carbonyl (C=O) groups is 1. The van der Waals surface area contributed by atoms with Crippen molar-refractivity contribution in [2.75, 3.05) is 53.6 Å². The Hall–Kier alpha value is -1.37. The maximum atomic E-state index is 12.6. The van der Waals surface area contributed by atoms with Crippen LogP contribution in [0.15, 0.2) is 22.8 Å². The minimum Gasteiger partial charge on any atom is -0.459 e. The van der Waals surface area contributed by atoms with E-state index in [1.807, 2.05) is 19.0 Å². The maximum Gasteiger partial charge on any atom is 0.289 e. The van der Waals surface area contributed by atoms with Gasteiger partial charge in [0, 0.05) is 31.7 Å². The van der Waals surface area contributed by atoms with E-state index in [0.29, 0.717) is 32.1 Å².